The van der Waals surface area contributed by atoms with E-state index in [0.717, 1.165) is 16.5 Å². The van der Waals surface area contributed by atoms with E-state index in [-0.39, 0.29) is 44.3 Å². The first-order valence-corrected chi connectivity index (χ1v) is 23.2. The van der Waals surface area contributed by atoms with Crippen LogP contribution in [0.15, 0.2) is 47.5 Å². The summed E-state index contributed by atoms with van der Waals surface area (Å²) in [5, 5.41) is 38.6. The minimum atomic E-state index is -1.96. The van der Waals surface area contributed by atoms with Gasteiger partial charge in [0.25, 0.3) is 6.02 Å². The van der Waals surface area contributed by atoms with Crippen molar-refractivity contribution in [2.45, 2.75) is 164 Å². The fourth-order valence-corrected chi connectivity index (χ4v) is 9.59. The predicted octanol–water partition coefficient (Wildman–Crippen LogP) is 5.57. The number of nitrogens with one attached hydrogen (secondary N) is 1. The quantitative estimate of drug-likeness (QED) is 0.0945. The van der Waals surface area contributed by atoms with Crippen molar-refractivity contribution in [1.29, 1.82) is 0 Å². The summed E-state index contributed by atoms with van der Waals surface area (Å²) < 4.78 is 48.5. The standard InChI is InChI=1S/C46H70IN3O13/c1-25-21-46(57-12,59-24-58-27(3)20-35-30(6)61-43(50(35)10)49-34-19-15-17-32-16-13-14-18-33(32)34)22-26(2)40(53)48-29(5)38(51)45(9,55)42(47)63-41(54)28(4)37(25)62-36-23-44(8,56-11)39(52)31(7)60-36/h13-19,25-31,35-39,42,51-52,55H,20-24H2,1-12H3,(H,48,53)/t25-,26-,27-,28-,29-,30+,31+,35+,36+,37+,38-,39+,42+,44-,45+,46-/m1/s1. The molecule has 3 aliphatic heterocycles. The maximum Gasteiger partial charge on any atom is 0.312 e. The first-order chi connectivity index (χ1) is 29.6. The Bertz CT molecular complexity index is 1880. The van der Waals surface area contributed by atoms with Crippen LogP contribution in [0, 0.1) is 17.8 Å². The maximum atomic E-state index is 14.0. The number of benzene rings is 2. The van der Waals surface area contributed by atoms with Crippen molar-refractivity contribution in [2.24, 2.45) is 22.7 Å². The molecular weight excluding hydrogens is 929 g/mol. The van der Waals surface area contributed by atoms with Crippen molar-refractivity contribution < 1.29 is 62.8 Å². The van der Waals surface area contributed by atoms with Crippen LogP contribution in [0.25, 0.3) is 10.8 Å². The third-order valence-electron chi connectivity index (χ3n) is 13.3. The number of ether oxygens (including phenoxy) is 8. The number of aliphatic hydroxyl groups excluding tert-OH is 2. The van der Waals surface area contributed by atoms with Gasteiger partial charge in [-0.3, -0.25) is 9.59 Å². The number of carbonyl (C=O) groups excluding carboxylic acids is 2. The molecule has 0 bridgehead atoms. The minimum absolute atomic E-state index is 0.0478. The molecule has 4 N–H and O–H groups in total. The third kappa shape index (κ3) is 11.8. The summed E-state index contributed by atoms with van der Waals surface area (Å²) in [4.78, 5) is 34.7. The van der Waals surface area contributed by atoms with Gasteiger partial charge in [0.1, 0.15) is 23.9 Å². The zero-order valence-corrected chi connectivity index (χ0v) is 40.9. The Morgan fingerprint density at radius 3 is 2.30 bits per heavy atom. The second kappa shape index (κ2) is 21.3. The molecule has 1 amide bonds. The highest BCUT2D eigenvalue weighted by Gasteiger charge is 2.50. The van der Waals surface area contributed by atoms with Gasteiger partial charge in [-0.1, -0.05) is 50.2 Å². The van der Waals surface area contributed by atoms with Crippen molar-refractivity contribution in [3.63, 3.8) is 0 Å². The number of methoxy groups -OCH3 is 2. The van der Waals surface area contributed by atoms with Crippen LogP contribution in [0.2, 0.25) is 0 Å². The number of halogens is 1. The number of aliphatic hydroxyl groups is 3. The van der Waals surface area contributed by atoms with Gasteiger partial charge in [-0.25, -0.2) is 0 Å². The van der Waals surface area contributed by atoms with Crippen molar-refractivity contribution in [3.8, 4) is 0 Å². The largest absolute Gasteiger partial charge is 0.460 e. The van der Waals surface area contributed by atoms with E-state index in [0.29, 0.717) is 12.4 Å². The highest BCUT2D eigenvalue weighted by Crippen LogP contribution is 2.39. The number of cyclic esters (lactones) is 1. The van der Waals surface area contributed by atoms with E-state index >= 15 is 0 Å². The van der Waals surface area contributed by atoms with Crippen molar-refractivity contribution >= 4 is 56.9 Å². The second-order valence-electron chi connectivity index (χ2n) is 18.3. The number of fused-ring (bicyclic) bond motifs is 1. The van der Waals surface area contributed by atoms with Crippen LogP contribution >= 0.6 is 22.6 Å². The molecule has 16 nitrogen and oxygen atoms in total. The SMILES string of the molecule is CO[C@]1(OCO[C@H](C)C[C@H]2[C@H](C)OC(=Nc3cccc4ccccc34)N2C)C[C@@H](C)C(=O)N[C@H](C)[C@@H](O)[C@](C)(O)[C@@H](I)OC(=O)[C@H](C)[C@@H](O[C@H]2C[C@@](C)(OC)[C@@H](O)[C@H](C)O2)[C@H](C)C1. The van der Waals surface area contributed by atoms with Crippen LogP contribution in [-0.4, -0.2) is 142 Å². The summed E-state index contributed by atoms with van der Waals surface area (Å²) >= 11 is 1.77. The van der Waals surface area contributed by atoms with Gasteiger partial charge >= 0.3 is 5.97 Å². The molecule has 17 heteroatoms. The third-order valence-corrected chi connectivity index (χ3v) is 14.8. The van der Waals surface area contributed by atoms with Crippen LogP contribution in [-0.2, 0) is 47.5 Å². The molecule has 0 radical (unpaired) electrons. The van der Waals surface area contributed by atoms with Gasteiger partial charge in [0.15, 0.2) is 23.0 Å². The number of rotatable bonds is 11. The highest BCUT2D eigenvalue weighted by atomic mass is 127. The van der Waals surface area contributed by atoms with E-state index in [1.54, 1.807) is 57.2 Å². The average Bonchev–Trinajstić information content (AvgIpc) is 3.50. The molecule has 0 saturated carbocycles. The van der Waals surface area contributed by atoms with Crippen LogP contribution in [0.4, 0.5) is 5.69 Å². The van der Waals surface area contributed by atoms with Gasteiger partial charge in [-0.15, -0.1) is 0 Å². The lowest BCUT2D eigenvalue weighted by molar-refractivity contribution is -0.306. The smallest absolute Gasteiger partial charge is 0.312 e. The maximum absolute atomic E-state index is 14.0. The zero-order chi connectivity index (χ0) is 46.6. The molecule has 3 aliphatic rings. The number of amidine groups is 1. The lowest BCUT2D eigenvalue weighted by atomic mass is 9.84. The summed E-state index contributed by atoms with van der Waals surface area (Å²) in [5.41, 5.74) is -2.14. The number of nitrogens with zero attached hydrogens (tertiary/aromatic N) is 2. The first kappa shape index (κ1) is 51.3. The molecule has 3 fully saturated rings. The minimum Gasteiger partial charge on any atom is -0.460 e. The molecule has 3 heterocycles. The fraction of sp³-hybridized carbons (Fsp3) is 0.717. The lowest BCUT2D eigenvalue weighted by Gasteiger charge is -2.46. The highest BCUT2D eigenvalue weighted by molar-refractivity contribution is 14.1. The van der Waals surface area contributed by atoms with E-state index in [9.17, 15) is 24.9 Å². The molecular formula is C46H70IN3O13. The Balaban J connectivity index is 1.38. The van der Waals surface area contributed by atoms with Crippen LogP contribution in [0.1, 0.15) is 88.0 Å². The second-order valence-corrected chi connectivity index (χ2v) is 19.4. The number of carbonyl (C=O) groups is 2. The molecule has 2 aromatic rings. The van der Waals surface area contributed by atoms with Gasteiger partial charge < -0.3 is 63.4 Å². The first-order valence-electron chi connectivity index (χ1n) is 21.9. The average molecular weight is 1000 g/mol. The lowest BCUT2D eigenvalue weighted by Crippen LogP contribution is -2.58. The summed E-state index contributed by atoms with van der Waals surface area (Å²) in [6.45, 7) is 15.4. The molecule has 0 aliphatic carbocycles. The Hall–Kier alpha value is -2.72. The van der Waals surface area contributed by atoms with Crippen LogP contribution in [0.3, 0.4) is 0 Å². The Kier molecular flexibility index (Phi) is 17.3. The van der Waals surface area contributed by atoms with Crippen molar-refractivity contribution in [2.75, 3.05) is 28.1 Å². The number of esters is 1. The Labute approximate surface area is 385 Å². The Morgan fingerprint density at radius 2 is 1.62 bits per heavy atom. The van der Waals surface area contributed by atoms with Crippen LogP contribution < -0.4 is 5.32 Å². The van der Waals surface area contributed by atoms with E-state index < -0.39 is 87.5 Å². The number of likely N-dealkylation sites (N-methyl/N-ethyl adjacent to an activating group) is 1. The van der Waals surface area contributed by atoms with E-state index in [4.69, 9.17) is 42.9 Å². The number of alkyl halides is 1. The molecule has 5 rings (SSSR count). The number of hydrogen-bond acceptors (Lipinski definition) is 14. The summed E-state index contributed by atoms with van der Waals surface area (Å²) in [6.07, 6.45) is -4.50. The van der Waals surface area contributed by atoms with Gasteiger partial charge in [0.2, 0.25) is 5.91 Å². The van der Waals surface area contributed by atoms with E-state index in [1.165, 1.54) is 21.1 Å². The monoisotopic (exact) mass is 999 g/mol. The van der Waals surface area contributed by atoms with Crippen molar-refractivity contribution in [1.82, 2.24) is 10.2 Å². The normalized spacial score (nSPS) is 39.9. The molecule has 3 saturated heterocycles. The molecule has 16 atom stereocenters. The molecule has 354 valence electrons. The van der Waals surface area contributed by atoms with Gasteiger partial charge in [0, 0.05) is 51.8 Å². The summed E-state index contributed by atoms with van der Waals surface area (Å²) in [6, 6.07) is 13.6. The van der Waals surface area contributed by atoms with Gasteiger partial charge in [0.05, 0.1) is 47.6 Å². The number of hydrogen-bond donors (Lipinski definition) is 4. The molecule has 0 aromatic heterocycles. The van der Waals surface area contributed by atoms with Gasteiger partial charge in [-0.05, 0) is 94.8 Å². The van der Waals surface area contributed by atoms with E-state index in [2.05, 4.69) is 17.4 Å². The summed E-state index contributed by atoms with van der Waals surface area (Å²) in [5.74, 6) is -4.75. The number of amides is 1. The number of aliphatic imine (C=N–C) groups is 1. The zero-order valence-electron chi connectivity index (χ0n) is 38.8. The molecule has 0 spiro atoms. The molecule has 63 heavy (non-hydrogen) atoms. The predicted molar refractivity (Wildman–Crippen MR) is 244 cm³/mol. The van der Waals surface area contributed by atoms with Crippen LogP contribution in [0.5, 0.6) is 0 Å². The molecule has 2 aromatic carbocycles. The topological polar surface area (TPSA) is 196 Å². The fourth-order valence-electron chi connectivity index (χ4n) is 8.97. The summed E-state index contributed by atoms with van der Waals surface area (Å²) in [7, 11) is 4.96. The van der Waals surface area contributed by atoms with E-state index in [1.807, 2.05) is 63.1 Å². The van der Waals surface area contributed by atoms with Gasteiger partial charge in [-0.2, -0.15) is 4.99 Å². The van der Waals surface area contributed by atoms with Crippen molar-refractivity contribution in [3.05, 3.63) is 42.5 Å². The molecule has 0 unspecified atom stereocenters. The Morgan fingerprint density at radius 1 is 0.937 bits per heavy atom.